The standard InChI is InChI=1S/C52H85N3O17P2/c1-3-5-7-8-9-10-11-12-13-14-15-16-17-22-30-36-48(59)70-44(39-67-47(58)35-29-21-19-18-20-26-32-43(57)34-28-24-23-27-33-42(56)31-25-6-4-2)40-68-73(63,64)72-74(65,66)69-41-45-49(60)50(61)51(71-45)55-38-37-46(53)54-52(55)62/h6,19-21,23-28,33-34,37-38,42-45,49-51,56-57,60-61H,3-5,7-18,22,29-32,35-36,39-41H2,1-2H3,(H,63,64)(H,65,66)(H2,53,54,62)/b21-19-,24-23-,25-6-,26-20-,33-27+,34-28+/t42-,43+,44-,45-,49-,50-,51-/m1/s1. The lowest BCUT2D eigenvalue weighted by Gasteiger charge is -2.21. The van der Waals surface area contributed by atoms with Crippen LogP contribution in [0.1, 0.15) is 161 Å². The van der Waals surface area contributed by atoms with Gasteiger partial charge >= 0.3 is 33.3 Å². The van der Waals surface area contributed by atoms with Gasteiger partial charge < -0.3 is 50.2 Å². The number of phosphoric ester groups is 2. The van der Waals surface area contributed by atoms with Gasteiger partial charge in [0, 0.05) is 19.0 Å². The van der Waals surface area contributed by atoms with E-state index >= 15 is 0 Å². The van der Waals surface area contributed by atoms with Gasteiger partial charge in [0.2, 0.25) is 0 Å². The molecule has 20 nitrogen and oxygen atoms in total. The minimum atomic E-state index is -5.46. The van der Waals surface area contributed by atoms with Crippen LogP contribution < -0.4 is 11.4 Å². The smallest absolute Gasteiger partial charge is 0.462 e. The van der Waals surface area contributed by atoms with Crippen molar-refractivity contribution in [3.05, 3.63) is 95.7 Å². The highest BCUT2D eigenvalue weighted by Gasteiger charge is 2.46. The molecule has 1 fully saturated rings. The number of aliphatic hydroxyl groups excluding tert-OH is 4. The third-order valence-corrected chi connectivity index (χ3v) is 14.1. The first-order valence-electron chi connectivity index (χ1n) is 26.2. The normalized spacial score (nSPS) is 20.3. The zero-order valence-electron chi connectivity index (χ0n) is 43.3. The van der Waals surface area contributed by atoms with Crippen molar-refractivity contribution in [3.8, 4) is 0 Å². The molecule has 420 valence electrons. The van der Waals surface area contributed by atoms with E-state index in [1.807, 2.05) is 37.3 Å². The van der Waals surface area contributed by atoms with Crippen molar-refractivity contribution in [2.45, 2.75) is 198 Å². The van der Waals surface area contributed by atoms with Crippen molar-refractivity contribution in [3.63, 3.8) is 0 Å². The summed E-state index contributed by atoms with van der Waals surface area (Å²) in [4.78, 5) is 61.9. The Bertz CT molecular complexity index is 2060. The zero-order valence-corrected chi connectivity index (χ0v) is 45.1. The molecule has 8 N–H and O–H groups in total. The van der Waals surface area contributed by atoms with Crippen molar-refractivity contribution < 1.29 is 76.5 Å². The van der Waals surface area contributed by atoms with Crippen molar-refractivity contribution in [2.75, 3.05) is 25.6 Å². The molecule has 1 saturated heterocycles. The number of hydrogen-bond donors (Lipinski definition) is 7. The summed E-state index contributed by atoms with van der Waals surface area (Å²) in [6.07, 6.45) is 33.4. The number of unbranched alkanes of at least 4 members (excludes halogenated alkanes) is 14. The number of allylic oxidation sites excluding steroid dienone is 8. The van der Waals surface area contributed by atoms with Crippen molar-refractivity contribution in [1.29, 1.82) is 0 Å². The van der Waals surface area contributed by atoms with Crippen LogP contribution in [-0.2, 0) is 46.3 Å². The summed E-state index contributed by atoms with van der Waals surface area (Å²) in [6, 6.07) is 1.24. The number of hydrogen-bond acceptors (Lipinski definition) is 17. The number of nitrogens with two attached hydrogens (primary N) is 1. The third-order valence-electron chi connectivity index (χ3n) is 11.5. The minimum absolute atomic E-state index is 0.0120. The predicted octanol–water partition coefficient (Wildman–Crippen LogP) is 8.83. The Hall–Kier alpha value is -3.88. The molecule has 0 aromatic carbocycles. The van der Waals surface area contributed by atoms with E-state index in [1.54, 1.807) is 42.5 Å². The molecule has 74 heavy (non-hydrogen) atoms. The minimum Gasteiger partial charge on any atom is -0.462 e. The second-order valence-electron chi connectivity index (χ2n) is 18.1. The summed E-state index contributed by atoms with van der Waals surface area (Å²) >= 11 is 0. The van der Waals surface area contributed by atoms with Gasteiger partial charge in [-0.2, -0.15) is 9.29 Å². The van der Waals surface area contributed by atoms with E-state index in [9.17, 15) is 53.7 Å². The molecule has 9 atom stereocenters. The monoisotopic (exact) mass is 1090 g/mol. The maximum atomic E-state index is 12.9. The highest BCUT2D eigenvalue weighted by Crippen LogP contribution is 2.60. The predicted molar refractivity (Wildman–Crippen MR) is 282 cm³/mol. The van der Waals surface area contributed by atoms with Crippen LogP contribution in [-0.4, -0.2) is 108 Å². The van der Waals surface area contributed by atoms with E-state index in [2.05, 4.69) is 16.2 Å². The van der Waals surface area contributed by atoms with Crippen LogP contribution in [0.25, 0.3) is 0 Å². The summed E-state index contributed by atoms with van der Waals surface area (Å²) in [5.74, 6) is -1.47. The average Bonchev–Trinajstić information content (AvgIpc) is 3.63. The number of esters is 2. The first kappa shape index (κ1) is 66.2. The SMILES string of the molecule is CC/C=C\C[C@@H](O)/C=C/C=C\C=C\[C@@H](O)C/C=C\C/C=C\CCC(=O)OC[C@H](COP(=O)(O)OP(=O)(O)OC[C@H]1O[C@@H](n2ccc(N)nc2=O)[C@H](O)[C@@H]1O)OC(=O)CCCCCCCCCCCCCCCCC. The van der Waals surface area contributed by atoms with E-state index in [0.29, 0.717) is 32.1 Å². The van der Waals surface area contributed by atoms with E-state index in [1.165, 1.54) is 70.3 Å². The van der Waals surface area contributed by atoms with E-state index < -0.39 is 95.9 Å². The Kier molecular flexibility index (Phi) is 35.3. The van der Waals surface area contributed by atoms with Gasteiger partial charge in [0.1, 0.15) is 30.7 Å². The Balaban J connectivity index is 1.85. The Morgan fingerprint density at radius 2 is 1.28 bits per heavy atom. The number of nitrogens with zero attached hydrogens (tertiary/aromatic N) is 2. The fourth-order valence-electron chi connectivity index (χ4n) is 7.40. The number of phosphoric acid groups is 2. The van der Waals surface area contributed by atoms with Crippen LogP contribution in [0.15, 0.2) is 90.0 Å². The first-order chi connectivity index (χ1) is 35.5. The van der Waals surface area contributed by atoms with Gasteiger partial charge in [-0.3, -0.25) is 23.2 Å². The molecule has 1 aliphatic heterocycles. The first-order valence-corrected chi connectivity index (χ1v) is 29.2. The number of aliphatic hydroxyl groups is 4. The van der Waals surface area contributed by atoms with Crippen LogP contribution in [0.2, 0.25) is 0 Å². The van der Waals surface area contributed by atoms with Crippen LogP contribution in [0.4, 0.5) is 5.82 Å². The summed E-state index contributed by atoms with van der Waals surface area (Å²) in [6.45, 7) is 1.80. The van der Waals surface area contributed by atoms with Gasteiger partial charge in [-0.05, 0) is 44.6 Å². The summed E-state index contributed by atoms with van der Waals surface area (Å²) in [5.41, 5.74) is 4.57. The maximum absolute atomic E-state index is 12.9. The lowest BCUT2D eigenvalue weighted by Crippen LogP contribution is -2.36. The molecular formula is C52H85N3O17P2. The second-order valence-corrected chi connectivity index (χ2v) is 21.1. The second kappa shape index (κ2) is 39.5. The fourth-order valence-corrected chi connectivity index (χ4v) is 9.51. The number of carbonyl (C=O) groups excluding carboxylic acids is 2. The average molecular weight is 1090 g/mol. The van der Waals surface area contributed by atoms with Gasteiger partial charge in [-0.25, -0.2) is 13.9 Å². The lowest BCUT2D eigenvalue weighted by atomic mass is 10.0. The molecule has 2 rings (SSSR count). The number of rotatable bonds is 42. The third kappa shape index (κ3) is 31.9. The summed E-state index contributed by atoms with van der Waals surface area (Å²) in [7, 11) is -10.9. The molecule has 0 radical (unpaired) electrons. The van der Waals surface area contributed by atoms with Crippen LogP contribution in [0, 0.1) is 0 Å². The molecule has 0 spiro atoms. The van der Waals surface area contributed by atoms with E-state index in [0.717, 1.165) is 42.9 Å². The van der Waals surface area contributed by atoms with Gasteiger partial charge in [-0.15, -0.1) is 0 Å². The molecule has 1 aliphatic rings. The van der Waals surface area contributed by atoms with Crippen LogP contribution in [0.3, 0.4) is 0 Å². The highest BCUT2D eigenvalue weighted by atomic mass is 31.3. The molecule has 0 aliphatic carbocycles. The topological polar surface area (TPSA) is 306 Å². The van der Waals surface area contributed by atoms with Crippen molar-refractivity contribution in [2.24, 2.45) is 0 Å². The Morgan fingerprint density at radius 3 is 1.86 bits per heavy atom. The van der Waals surface area contributed by atoms with Gasteiger partial charge in [0.05, 0.1) is 25.4 Å². The summed E-state index contributed by atoms with van der Waals surface area (Å²) < 4.78 is 56.7. The number of ether oxygens (including phenoxy) is 3. The maximum Gasteiger partial charge on any atom is 0.481 e. The molecule has 22 heteroatoms. The molecular weight excluding hydrogens is 1000 g/mol. The number of aromatic nitrogens is 2. The van der Waals surface area contributed by atoms with Crippen molar-refractivity contribution >= 4 is 33.4 Å². The molecule has 0 bridgehead atoms. The molecule has 2 heterocycles. The largest absolute Gasteiger partial charge is 0.481 e. The van der Waals surface area contributed by atoms with Gasteiger partial charge in [0.15, 0.2) is 12.3 Å². The molecule has 0 amide bonds. The number of anilines is 1. The Morgan fingerprint density at radius 1 is 0.730 bits per heavy atom. The molecule has 2 unspecified atom stereocenters. The fraction of sp³-hybridized carbons (Fsp3) is 0.654. The van der Waals surface area contributed by atoms with Crippen LogP contribution in [0.5, 0.6) is 0 Å². The number of nitrogen functional groups attached to an aromatic ring is 1. The van der Waals surface area contributed by atoms with Gasteiger partial charge in [0.25, 0.3) is 0 Å². The quantitative estimate of drug-likeness (QED) is 0.0106. The molecule has 1 aromatic rings. The van der Waals surface area contributed by atoms with Crippen LogP contribution >= 0.6 is 15.6 Å². The lowest BCUT2D eigenvalue weighted by molar-refractivity contribution is -0.161. The molecule has 1 aromatic heterocycles. The van der Waals surface area contributed by atoms with Crippen molar-refractivity contribution in [1.82, 2.24) is 9.55 Å². The zero-order chi connectivity index (χ0) is 54.5. The van der Waals surface area contributed by atoms with Gasteiger partial charge in [-0.1, -0.05) is 177 Å². The van der Waals surface area contributed by atoms with E-state index in [-0.39, 0.29) is 18.7 Å². The highest BCUT2D eigenvalue weighted by molar-refractivity contribution is 7.61. The molecule has 0 saturated carbocycles. The Labute approximate surface area is 437 Å². The van der Waals surface area contributed by atoms with E-state index in [4.69, 9.17) is 29.0 Å². The summed E-state index contributed by atoms with van der Waals surface area (Å²) in [5, 5.41) is 41.0. The number of carbonyl (C=O) groups is 2.